The van der Waals surface area contributed by atoms with Crippen molar-refractivity contribution in [1.29, 1.82) is 0 Å². The molecule has 1 rings (SSSR count). The van der Waals surface area contributed by atoms with Gasteiger partial charge < -0.3 is 10.0 Å². The van der Waals surface area contributed by atoms with Crippen molar-refractivity contribution in [2.45, 2.75) is 6.92 Å². The second-order valence-electron chi connectivity index (χ2n) is 3.04. The lowest BCUT2D eigenvalue weighted by molar-refractivity contribution is -0.137. The molecule has 0 saturated carbocycles. The number of nitrogens with zero attached hydrogens (tertiary/aromatic N) is 1. The highest BCUT2D eigenvalue weighted by Crippen LogP contribution is 2.15. The number of carboxylic acid groups (broad SMARTS) is 1. The van der Waals surface area contributed by atoms with E-state index >= 15 is 0 Å². The van der Waals surface area contributed by atoms with Crippen molar-refractivity contribution in [2.24, 2.45) is 0 Å². The summed E-state index contributed by atoms with van der Waals surface area (Å²) in [6.45, 7) is 1.63. The largest absolute Gasteiger partial charge is 0.480 e. The molecule has 1 aromatic rings. The van der Waals surface area contributed by atoms with E-state index in [9.17, 15) is 9.59 Å². The van der Waals surface area contributed by atoms with Crippen LogP contribution in [0.25, 0.3) is 0 Å². The zero-order valence-electron chi connectivity index (χ0n) is 7.98. The van der Waals surface area contributed by atoms with E-state index in [-0.39, 0.29) is 12.5 Å². The Morgan fingerprint density at radius 1 is 1.57 bits per heavy atom. The van der Waals surface area contributed by atoms with Gasteiger partial charge in [0.25, 0.3) is 5.91 Å². The Hall–Kier alpha value is -1.36. The van der Waals surface area contributed by atoms with E-state index in [1.165, 1.54) is 23.3 Å². The standard InChI is InChI=1S/C9H11NO3S/c1-6-3-7(14-5-6)9(13)10(2)4-8(11)12/h3,5H,4H2,1-2H3,(H,11,12). The van der Waals surface area contributed by atoms with Crippen LogP contribution in [0.15, 0.2) is 11.4 Å². The van der Waals surface area contributed by atoms with Crippen molar-refractivity contribution >= 4 is 23.2 Å². The first kappa shape index (κ1) is 10.7. The number of aryl methyl sites for hydroxylation is 1. The summed E-state index contributed by atoms with van der Waals surface area (Å²) in [6.07, 6.45) is 0. The monoisotopic (exact) mass is 213 g/mol. The van der Waals surface area contributed by atoms with E-state index in [1.807, 2.05) is 12.3 Å². The molecule has 1 heterocycles. The minimum atomic E-state index is -1.01. The van der Waals surface area contributed by atoms with Gasteiger partial charge in [-0.15, -0.1) is 11.3 Å². The Bertz CT molecular complexity index is 359. The average Bonchev–Trinajstić information content (AvgIpc) is 2.49. The first-order valence-electron chi connectivity index (χ1n) is 4.03. The van der Waals surface area contributed by atoms with Crippen LogP contribution in [0.2, 0.25) is 0 Å². The Morgan fingerprint density at radius 2 is 2.21 bits per heavy atom. The van der Waals surface area contributed by atoms with Crippen LogP contribution in [-0.2, 0) is 4.79 Å². The highest BCUT2D eigenvalue weighted by molar-refractivity contribution is 7.12. The summed E-state index contributed by atoms with van der Waals surface area (Å²) in [6, 6.07) is 1.76. The van der Waals surface area contributed by atoms with E-state index in [0.717, 1.165) is 5.56 Å². The van der Waals surface area contributed by atoms with Crippen LogP contribution in [0.4, 0.5) is 0 Å². The number of thiophene rings is 1. The number of hydrogen-bond acceptors (Lipinski definition) is 3. The number of likely N-dealkylation sites (N-methyl/N-ethyl adjacent to an activating group) is 1. The molecule has 0 aromatic carbocycles. The summed E-state index contributed by atoms with van der Waals surface area (Å²) in [7, 11) is 1.48. The van der Waals surface area contributed by atoms with Crippen LogP contribution >= 0.6 is 11.3 Å². The first-order valence-corrected chi connectivity index (χ1v) is 4.91. The Morgan fingerprint density at radius 3 is 2.64 bits per heavy atom. The topological polar surface area (TPSA) is 57.6 Å². The molecule has 0 radical (unpaired) electrons. The summed E-state index contributed by atoms with van der Waals surface area (Å²) in [5, 5.41) is 10.4. The van der Waals surface area contributed by atoms with E-state index in [1.54, 1.807) is 6.07 Å². The lowest BCUT2D eigenvalue weighted by Crippen LogP contribution is -2.31. The molecule has 0 aliphatic rings. The summed E-state index contributed by atoms with van der Waals surface area (Å²) in [5.41, 5.74) is 1.02. The normalized spacial score (nSPS) is 9.86. The van der Waals surface area contributed by atoms with Gasteiger partial charge in [-0.05, 0) is 23.9 Å². The van der Waals surface area contributed by atoms with Gasteiger partial charge in [0.1, 0.15) is 6.54 Å². The molecule has 0 fully saturated rings. The Kier molecular flexibility index (Phi) is 3.24. The zero-order chi connectivity index (χ0) is 10.7. The van der Waals surface area contributed by atoms with Gasteiger partial charge in [-0.3, -0.25) is 9.59 Å². The molecule has 1 N–H and O–H groups in total. The molecule has 14 heavy (non-hydrogen) atoms. The number of carbonyl (C=O) groups excluding carboxylic acids is 1. The molecule has 1 amide bonds. The molecule has 1 aromatic heterocycles. The van der Waals surface area contributed by atoms with Gasteiger partial charge >= 0.3 is 5.97 Å². The lowest BCUT2D eigenvalue weighted by atomic mass is 10.3. The quantitative estimate of drug-likeness (QED) is 0.821. The molecule has 4 nitrogen and oxygen atoms in total. The highest BCUT2D eigenvalue weighted by atomic mass is 32.1. The van der Waals surface area contributed by atoms with Crippen molar-refractivity contribution in [2.75, 3.05) is 13.6 Å². The van der Waals surface area contributed by atoms with Crippen LogP contribution in [-0.4, -0.2) is 35.5 Å². The summed E-state index contributed by atoms with van der Waals surface area (Å²) >= 11 is 1.33. The third-order valence-corrected chi connectivity index (χ3v) is 2.70. The van der Waals surface area contributed by atoms with Gasteiger partial charge in [-0.25, -0.2) is 0 Å². The average molecular weight is 213 g/mol. The van der Waals surface area contributed by atoms with Crippen molar-refractivity contribution in [1.82, 2.24) is 4.90 Å². The van der Waals surface area contributed by atoms with Gasteiger partial charge in [-0.1, -0.05) is 0 Å². The van der Waals surface area contributed by atoms with Crippen molar-refractivity contribution < 1.29 is 14.7 Å². The Balaban J connectivity index is 2.70. The molecule has 0 aliphatic heterocycles. The maximum absolute atomic E-state index is 11.6. The van der Waals surface area contributed by atoms with E-state index in [0.29, 0.717) is 4.88 Å². The summed E-state index contributed by atoms with van der Waals surface area (Å²) < 4.78 is 0. The molecule has 0 atom stereocenters. The molecule has 5 heteroatoms. The molecule has 0 bridgehead atoms. The minimum Gasteiger partial charge on any atom is -0.480 e. The van der Waals surface area contributed by atoms with E-state index in [4.69, 9.17) is 5.11 Å². The summed E-state index contributed by atoms with van der Waals surface area (Å²) in [4.78, 5) is 23.7. The maximum Gasteiger partial charge on any atom is 0.323 e. The second-order valence-corrected chi connectivity index (χ2v) is 3.95. The molecule has 0 saturated heterocycles. The number of carboxylic acids is 1. The number of hydrogen-bond donors (Lipinski definition) is 1. The summed E-state index contributed by atoms with van der Waals surface area (Å²) in [5.74, 6) is -1.25. The number of aliphatic carboxylic acids is 1. The lowest BCUT2D eigenvalue weighted by Gasteiger charge is -2.12. The van der Waals surface area contributed by atoms with Gasteiger partial charge in [0, 0.05) is 7.05 Å². The molecule has 0 spiro atoms. The molecular formula is C9H11NO3S. The van der Waals surface area contributed by atoms with E-state index < -0.39 is 5.97 Å². The van der Waals surface area contributed by atoms with Crippen LogP contribution in [0, 0.1) is 6.92 Å². The van der Waals surface area contributed by atoms with Crippen molar-refractivity contribution in [3.8, 4) is 0 Å². The smallest absolute Gasteiger partial charge is 0.323 e. The first-order chi connectivity index (χ1) is 6.50. The fourth-order valence-corrected chi connectivity index (χ4v) is 1.90. The number of amides is 1. The number of carbonyl (C=O) groups is 2. The van der Waals surface area contributed by atoms with Crippen LogP contribution in [0.1, 0.15) is 15.2 Å². The van der Waals surface area contributed by atoms with Gasteiger partial charge in [0.15, 0.2) is 0 Å². The van der Waals surface area contributed by atoms with Crippen molar-refractivity contribution in [3.05, 3.63) is 21.9 Å². The maximum atomic E-state index is 11.6. The third kappa shape index (κ3) is 2.56. The Labute approximate surface area is 85.8 Å². The number of rotatable bonds is 3. The van der Waals surface area contributed by atoms with Gasteiger partial charge in [0.05, 0.1) is 4.88 Å². The van der Waals surface area contributed by atoms with Gasteiger partial charge in [0.2, 0.25) is 0 Å². The second kappa shape index (κ2) is 4.23. The van der Waals surface area contributed by atoms with E-state index in [2.05, 4.69) is 0 Å². The fraction of sp³-hybridized carbons (Fsp3) is 0.333. The van der Waals surface area contributed by atoms with Gasteiger partial charge in [-0.2, -0.15) is 0 Å². The van der Waals surface area contributed by atoms with Crippen LogP contribution < -0.4 is 0 Å². The highest BCUT2D eigenvalue weighted by Gasteiger charge is 2.15. The molecular weight excluding hydrogens is 202 g/mol. The predicted molar refractivity (Wildman–Crippen MR) is 53.7 cm³/mol. The zero-order valence-corrected chi connectivity index (χ0v) is 8.80. The predicted octanol–water partition coefficient (Wildman–Crippen LogP) is 1.21. The molecule has 0 aliphatic carbocycles. The third-order valence-electron chi connectivity index (χ3n) is 1.66. The molecule has 76 valence electrons. The van der Waals surface area contributed by atoms with Crippen molar-refractivity contribution in [3.63, 3.8) is 0 Å². The molecule has 0 unspecified atom stereocenters. The van der Waals surface area contributed by atoms with Crippen LogP contribution in [0.3, 0.4) is 0 Å². The SMILES string of the molecule is Cc1csc(C(=O)N(C)CC(=O)O)c1. The van der Waals surface area contributed by atoms with Crippen LogP contribution in [0.5, 0.6) is 0 Å². The minimum absolute atomic E-state index is 0.245. The fourth-order valence-electron chi connectivity index (χ4n) is 1.01.